The molecule has 1 aromatic rings. The number of aryl methyl sites for hydroxylation is 1. The van der Waals surface area contributed by atoms with E-state index in [2.05, 4.69) is 17.1 Å². The number of aromatic amines is 1. The van der Waals surface area contributed by atoms with E-state index in [0.29, 0.717) is 12.5 Å². The second-order valence-corrected chi connectivity index (χ2v) is 5.36. The Morgan fingerprint density at radius 2 is 2.17 bits per heavy atom. The van der Waals surface area contributed by atoms with E-state index in [4.69, 9.17) is 0 Å². The molecule has 2 heterocycles. The van der Waals surface area contributed by atoms with Crippen molar-refractivity contribution in [3.8, 4) is 0 Å². The summed E-state index contributed by atoms with van der Waals surface area (Å²) >= 11 is 0. The fraction of sp³-hybridized carbons (Fsp3) is 0.692. The van der Waals surface area contributed by atoms with Gasteiger partial charge >= 0.3 is 0 Å². The zero-order chi connectivity index (χ0) is 13.1. The van der Waals surface area contributed by atoms with Crippen molar-refractivity contribution < 1.29 is 4.79 Å². The summed E-state index contributed by atoms with van der Waals surface area (Å²) in [5.74, 6) is 0.760. The maximum absolute atomic E-state index is 11.9. The van der Waals surface area contributed by atoms with Gasteiger partial charge in [-0.3, -0.25) is 9.89 Å². The van der Waals surface area contributed by atoms with Crippen LogP contribution < -0.4 is 0 Å². The molecular formula is C13H22N4O. The third-order valence-corrected chi connectivity index (χ3v) is 3.58. The SMILES string of the molecule is Cc1cn[nH]c1C1CCN(C(=O)CN(C)C)CC1. The molecule has 0 unspecified atom stereocenters. The molecular weight excluding hydrogens is 228 g/mol. The van der Waals surface area contributed by atoms with E-state index in [0.717, 1.165) is 25.9 Å². The minimum absolute atomic E-state index is 0.236. The normalized spacial score (nSPS) is 17.4. The summed E-state index contributed by atoms with van der Waals surface area (Å²) < 4.78 is 0. The number of nitrogens with zero attached hydrogens (tertiary/aromatic N) is 3. The highest BCUT2D eigenvalue weighted by molar-refractivity contribution is 5.78. The van der Waals surface area contributed by atoms with Gasteiger partial charge in [0.2, 0.25) is 5.91 Å². The van der Waals surface area contributed by atoms with E-state index in [-0.39, 0.29) is 5.91 Å². The van der Waals surface area contributed by atoms with Crippen LogP contribution >= 0.6 is 0 Å². The molecule has 0 atom stereocenters. The van der Waals surface area contributed by atoms with Gasteiger partial charge in [0.15, 0.2) is 0 Å². The number of hydrogen-bond acceptors (Lipinski definition) is 3. The number of likely N-dealkylation sites (N-methyl/N-ethyl adjacent to an activating group) is 1. The molecule has 1 saturated heterocycles. The molecule has 5 nitrogen and oxygen atoms in total. The summed E-state index contributed by atoms with van der Waals surface area (Å²) in [7, 11) is 3.86. The Morgan fingerprint density at radius 3 is 2.67 bits per heavy atom. The van der Waals surface area contributed by atoms with Crippen LogP contribution in [0.5, 0.6) is 0 Å². The number of hydrogen-bond donors (Lipinski definition) is 1. The van der Waals surface area contributed by atoms with E-state index < -0.39 is 0 Å². The van der Waals surface area contributed by atoms with Gasteiger partial charge in [0.25, 0.3) is 0 Å². The Balaban J connectivity index is 1.88. The molecule has 1 fully saturated rings. The van der Waals surface area contributed by atoms with Crippen molar-refractivity contribution in [1.82, 2.24) is 20.0 Å². The summed E-state index contributed by atoms with van der Waals surface area (Å²) in [6, 6.07) is 0. The van der Waals surface area contributed by atoms with Crippen LogP contribution in [-0.4, -0.2) is 59.6 Å². The minimum Gasteiger partial charge on any atom is -0.342 e. The van der Waals surface area contributed by atoms with E-state index >= 15 is 0 Å². The van der Waals surface area contributed by atoms with Crippen molar-refractivity contribution >= 4 is 5.91 Å². The number of rotatable bonds is 3. The summed E-state index contributed by atoms with van der Waals surface area (Å²) in [5.41, 5.74) is 2.47. The lowest BCUT2D eigenvalue weighted by atomic mass is 9.92. The zero-order valence-corrected chi connectivity index (χ0v) is 11.4. The molecule has 5 heteroatoms. The number of H-pyrrole nitrogens is 1. The smallest absolute Gasteiger partial charge is 0.236 e. The zero-order valence-electron chi connectivity index (χ0n) is 11.4. The van der Waals surface area contributed by atoms with Crippen LogP contribution in [0.1, 0.15) is 30.0 Å². The second-order valence-electron chi connectivity index (χ2n) is 5.36. The van der Waals surface area contributed by atoms with Crippen LogP contribution in [0.25, 0.3) is 0 Å². The number of amides is 1. The highest BCUT2D eigenvalue weighted by Crippen LogP contribution is 2.28. The molecule has 1 aliphatic rings. The fourth-order valence-electron chi connectivity index (χ4n) is 2.56. The lowest BCUT2D eigenvalue weighted by Gasteiger charge is -2.32. The molecule has 0 aliphatic carbocycles. The number of piperidine rings is 1. The van der Waals surface area contributed by atoms with E-state index in [1.165, 1.54) is 11.3 Å². The largest absolute Gasteiger partial charge is 0.342 e. The third-order valence-electron chi connectivity index (χ3n) is 3.58. The molecule has 18 heavy (non-hydrogen) atoms. The lowest BCUT2D eigenvalue weighted by Crippen LogP contribution is -2.42. The standard InChI is InChI=1S/C13H22N4O/c1-10-8-14-15-13(10)11-4-6-17(7-5-11)12(18)9-16(2)3/h8,11H,4-7,9H2,1-3H3,(H,14,15). The number of carbonyl (C=O) groups is 1. The molecule has 0 saturated carbocycles. The van der Waals surface area contributed by atoms with Gasteiger partial charge in [0.05, 0.1) is 12.7 Å². The van der Waals surface area contributed by atoms with Gasteiger partial charge < -0.3 is 9.80 Å². The highest BCUT2D eigenvalue weighted by Gasteiger charge is 2.25. The summed E-state index contributed by atoms with van der Waals surface area (Å²) in [5, 5.41) is 7.17. The third kappa shape index (κ3) is 2.90. The molecule has 1 aromatic heterocycles. The predicted octanol–water partition coefficient (Wildman–Crippen LogP) is 0.986. The van der Waals surface area contributed by atoms with Crippen molar-refractivity contribution in [2.75, 3.05) is 33.7 Å². The van der Waals surface area contributed by atoms with Gasteiger partial charge in [-0.05, 0) is 39.4 Å². The first kappa shape index (κ1) is 13.1. The quantitative estimate of drug-likeness (QED) is 0.870. The molecule has 1 aliphatic heterocycles. The van der Waals surface area contributed by atoms with Gasteiger partial charge in [-0.25, -0.2) is 0 Å². The van der Waals surface area contributed by atoms with Gasteiger partial charge in [-0.2, -0.15) is 5.10 Å². The first-order valence-electron chi connectivity index (χ1n) is 6.50. The van der Waals surface area contributed by atoms with Crippen LogP contribution in [0.15, 0.2) is 6.20 Å². The molecule has 100 valence electrons. The van der Waals surface area contributed by atoms with Gasteiger partial charge in [0, 0.05) is 24.7 Å². The van der Waals surface area contributed by atoms with E-state index in [9.17, 15) is 4.79 Å². The Kier molecular flexibility index (Phi) is 4.01. The average Bonchev–Trinajstić information content (AvgIpc) is 2.75. The monoisotopic (exact) mass is 250 g/mol. The number of aromatic nitrogens is 2. The number of carbonyl (C=O) groups excluding carboxylic acids is 1. The van der Waals surface area contributed by atoms with Gasteiger partial charge in [-0.15, -0.1) is 0 Å². The molecule has 2 rings (SSSR count). The summed E-state index contributed by atoms with van der Waals surface area (Å²) in [4.78, 5) is 15.8. The van der Waals surface area contributed by atoms with Crippen LogP contribution in [0, 0.1) is 6.92 Å². The topological polar surface area (TPSA) is 52.2 Å². The molecule has 1 amide bonds. The highest BCUT2D eigenvalue weighted by atomic mass is 16.2. The first-order chi connectivity index (χ1) is 8.58. The summed E-state index contributed by atoms with van der Waals surface area (Å²) in [6.07, 6.45) is 3.93. The van der Waals surface area contributed by atoms with Gasteiger partial charge in [0.1, 0.15) is 0 Å². The molecule has 0 aromatic carbocycles. The van der Waals surface area contributed by atoms with Crippen molar-refractivity contribution in [3.63, 3.8) is 0 Å². The fourth-order valence-corrected chi connectivity index (χ4v) is 2.56. The van der Waals surface area contributed by atoms with Crippen molar-refractivity contribution in [3.05, 3.63) is 17.5 Å². The van der Waals surface area contributed by atoms with Crippen molar-refractivity contribution in [2.45, 2.75) is 25.7 Å². The van der Waals surface area contributed by atoms with Crippen LogP contribution in [0.4, 0.5) is 0 Å². The Bertz CT molecular complexity index is 405. The summed E-state index contributed by atoms with van der Waals surface area (Å²) in [6.45, 7) is 4.31. The van der Waals surface area contributed by atoms with Crippen molar-refractivity contribution in [1.29, 1.82) is 0 Å². The maximum Gasteiger partial charge on any atom is 0.236 e. The Morgan fingerprint density at radius 1 is 1.50 bits per heavy atom. The molecule has 1 N–H and O–H groups in total. The van der Waals surface area contributed by atoms with E-state index in [1.54, 1.807) is 0 Å². The Labute approximate surface area is 108 Å². The molecule has 0 radical (unpaired) electrons. The predicted molar refractivity (Wildman–Crippen MR) is 70.4 cm³/mol. The van der Waals surface area contributed by atoms with Crippen molar-refractivity contribution in [2.24, 2.45) is 0 Å². The lowest BCUT2D eigenvalue weighted by molar-refractivity contribution is -0.132. The van der Waals surface area contributed by atoms with Crippen LogP contribution in [0.2, 0.25) is 0 Å². The maximum atomic E-state index is 11.9. The second kappa shape index (κ2) is 5.52. The molecule has 0 bridgehead atoms. The number of nitrogens with one attached hydrogen (secondary N) is 1. The number of likely N-dealkylation sites (tertiary alicyclic amines) is 1. The first-order valence-corrected chi connectivity index (χ1v) is 6.50. The van der Waals surface area contributed by atoms with E-state index in [1.807, 2.05) is 30.1 Å². The average molecular weight is 250 g/mol. The Hall–Kier alpha value is -1.36. The van der Waals surface area contributed by atoms with Crippen LogP contribution in [0.3, 0.4) is 0 Å². The molecule has 0 spiro atoms. The minimum atomic E-state index is 0.236. The van der Waals surface area contributed by atoms with Crippen LogP contribution in [-0.2, 0) is 4.79 Å². The van der Waals surface area contributed by atoms with Gasteiger partial charge in [-0.1, -0.05) is 0 Å².